The van der Waals surface area contributed by atoms with Crippen LogP contribution in [0.5, 0.6) is 0 Å². The lowest BCUT2D eigenvalue weighted by Gasteiger charge is -2.07. The second-order valence-corrected chi connectivity index (χ2v) is 4.48. The Kier molecular flexibility index (Phi) is 5.15. The van der Waals surface area contributed by atoms with Crippen LogP contribution in [0.1, 0.15) is 28.8 Å². The molecule has 5 heteroatoms. The molecule has 1 amide bonds. The summed E-state index contributed by atoms with van der Waals surface area (Å²) in [6.45, 7) is 2.27. The van der Waals surface area contributed by atoms with Crippen LogP contribution in [0.2, 0.25) is 0 Å². The molecule has 0 saturated heterocycles. The van der Waals surface area contributed by atoms with Gasteiger partial charge in [-0.05, 0) is 40.9 Å². The molecule has 17 heavy (non-hydrogen) atoms. The number of hydrogen-bond donors (Lipinski definition) is 2. The summed E-state index contributed by atoms with van der Waals surface area (Å²) in [6.07, 6.45) is 0.500. The number of rotatable bonds is 5. The molecule has 0 atom stereocenters. The van der Waals surface area contributed by atoms with E-state index in [1.807, 2.05) is 19.1 Å². The van der Waals surface area contributed by atoms with Gasteiger partial charge in [0.2, 0.25) is 0 Å². The third kappa shape index (κ3) is 4.19. The number of carboxylic acid groups (broad SMARTS) is 1. The fourth-order valence-corrected chi connectivity index (χ4v) is 1.80. The van der Waals surface area contributed by atoms with Crippen molar-refractivity contribution in [1.29, 1.82) is 0 Å². The fourth-order valence-electron chi connectivity index (χ4n) is 1.36. The number of hydrogen-bond acceptors (Lipinski definition) is 2. The number of halogens is 1. The van der Waals surface area contributed by atoms with E-state index in [9.17, 15) is 9.59 Å². The fraction of sp³-hybridized carbons (Fsp3) is 0.333. The van der Waals surface area contributed by atoms with Crippen LogP contribution in [-0.2, 0) is 4.79 Å². The van der Waals surface area contributed by atoms with E-state index in [1.54, 1.807) is 6.07 Å². The van der Waals surface area contributed by atoms with E-state index in [0.717, 1.165) is 10.0 Å². The Morgan fingerprint density at radius 1 is 1.41 bits per heavy atom. The molecule has 2 N–H and O–H groups in total. The lowest BCUT2D eigenvalue weighted by molar-refractivity contribution is -0.137. The first-order valence-electron chi connectivity index (χ1n) is 5.27. The first-order valence-corrected chi connectivity index (χ1v) is 6.06. The molecule has 0 spiro atoms. The van der Waals surface area contributed by atoms with Crippen molar-refractivity contribution in [2.24, 2.45) is 0 Å². The normalized spacial score (nSPS) is 10.0. The van der Waals surface area contributed by atoms with E-state index in [0.29, 0.717) is 18.5 Å². The highest BCUT2D eigenvalue weighted by molar-refractivity contribution is 9.10. The number of aliphatic carboxylic acids is 1. The highest BCUT2D eigenvalue weighted by Gasteiger charge is 2.10. The molecule has 0 unspecified atom stereocenters. The Labute approximate surface area is 108 Å². The molecular formula is C12H14BrNO3. The molecule has 0 bridgehead atoms. The maximum absolute atomic E-state index is 11.8. The summed E-state index contributed by atoms with van der Waals surface area (Å²) in [5.41, 5.74) is 1.56. The molecule has 92 valence electrons. The van der Waals surface area contributed by atoms with Crippen LogP contribution in [0.25, 0.3) is 0 Å². The summed E-state index contributed by atoms with van der Waals surface area (Å²) in [6, 6.07) is 5.45. The molecule has 0 aromatic heterocycles. The largest absolute Gasteiger partial charge is 0.481 e. The highest BCUT2D eigenvalue weighted by atomic mass is 79.9. The minimum atomic E-state index is -0.851. The van der Waals surface area contributed by atoms with Gasteiger partial charge in [-0.2, -0.15) is 0 Å². The number of carboxylic acids is 1. The Morgan fingerprint density at radius 3 is 2.76 bits per heavy atom. The molecule has 0 heterocycles. The second-order valence-electron chi connectivity index (χ2n) is 3.69. The molecule has 4 nitrogen and oxygen atoms in total. The molecule has 0 aliphatic heterocycles. The highest BCUT2D eigenvalue weighted by Crippen LogP contribution is 2.20. The Hall–Kier alpha value is -1.36. The van der Waals surface area contributed by atoms with Gasteiger partial charge in [-0.1, -0.05) is 12.1 Å². The van der Waals surface area contributed by atoms with Gasteiger partial charge < -0.3 is 10.4 Å². The molecule has 1 rings (SSSR count). The second kappa shape index (κ2) is 6.39. The van der Waals surface area contributed by atoms with Crippen LogP contribution in [0.3, 0.4) is 0 Å². The predicted molar refractivity (Wildman–Crippen MR) is 68.1 cm³/mol. The van der Waals surface area contributed by atoms with Crippen LogP contribution in [0.4, 0.5) is 0 Å². The number of aryl methyl sites for hydroxylation is 1. The van der Waals surface area contributed by atoms with E-state index >= 15 is 0 Å². The van der Waals surface area contributed by atoms with Crippen molar-refractivity contribution in [2.75, 3.05) is 6.54 Å². The molecule has 0 aliphatic carbocycles. The average molecular weight is 300 g/mol. The first kappa shape index (κ1) is 13.7. The summed E-state index contributed by atoms with van der Waals surface area (Å²) in [7, 11) is 0. The van der Waals surface area contributed by atoms with Gasteiger partial charge in [-0.25, -0.2) is 0 Å². The van der Waals surface area contributed by atoms with Crippen molar-refractivity contribution in [3.63, 3.8) is 0 Å². The number of carbonyl (C=O) groups is 2. The zero-order valence-electron chi connectivity index (χ0n) is 9.50. The Morgan fingerprint density at radius 2 is 2.12 bits per heavy atom. The van der Waals surface area contributed by atoms with Gasteiger partial charge in [0.15, 0.2) is 0 Å². The van der Waals surface area contributed by atoms with Crippen molar-refractivity contribution in [3.8, 4) is 0 Å². The molecule has 1 aromatic rings. The van der Waals surface area contributed by atoms with Crippen molar-refractivity contribution >= 4 is 27.8 Å². The van der Waals surface area contributed by atoms with Gasteiger partial charge in [0.1, 0.15) is 0 Å². The van der Waals surface area contributed by atoms with Crippen molar-refractivity contribution in [3.05, 3.63) is 33.8 Å². The third-order valence-electron chi connectivity index (χ3n) is 2.29. The summed E-state index contributed by atoms with van der Waals surface area (Å²) >= 11 is 3.36. The van der Waals surface area contributed by atoms with Crippen molar-refractivity contribution < 1.29 is 14.7 Å². The number of nitrogens with one attached hydrogen (secondary N) is 1. The Balaban J connectivity index is 2.53. The van der Waals surface area contributed by atoms with Crippen molar-refractivity contribution in [2.45, 2.75) is 19.8 Å². The standard InChI is InChI=1S/C12H14BrNO3/c1-8-4-2-5-9(11(8)13)12(17)14-7-3-6-10(15)16/h2,4-5H,3,6-7H2,1H3,(H,14,17)(H,15,16). The quantitative estimate of drug-likeness (QED) is 0.820. The van der Waals surface area contributed by atoms with Gasteiger partial charge in [-0.15, -0.1) is 0 Å². The molecule has 0 fully saturated rings. The van der Waals surface area contributed by atoms with E-state index < -0.39 is 5.97 Å². The maximum Gasteiger partial charge on any atom is 0.303 e. The number of amides is 1. The van der Waals surface area contributed by atoms with Crippen LogP contribution in [0, 0.1) is 6.92 Å². The maximum atomic E-state index is 11.8. The number of benzene rings is 1. The van der Waals surface area contributed by atoms with Crippen LogP contribution >= 0.6 is 15.9 Å². The summed E-state index contributed by atoms with van der Waals surface area (Å²) < 4.78 is 0.774. The molecular weight excluding hydrogens is 286 g/mol. The van der Waals surface area contributed by atoms with Gasteiger partial charge >= 0.3 is 5.97 Å². The van der Waals surface area contributed by atoms with Gasteiger partial charge in [-0.3, -0.25) is 9.59 Å². The van der Waals surface area contributed by atoms with Gasteiger partial charge in [0.05, 0.1) is 5.56 Å². The predicted octanol–water partition coefficient (Wildman–Crippen LogP) is 2.35. The van der Waals surface area contributed by atoms with E-state index in [2.05, 4.69) is 21.2 Å². The minimum absolute atomic E-state index is 0.0647. The molecule has 0 saturated carbocycles. The smallest absolute Gasteiger partial charge is 0.303 e. The van der Waals surface area contributed by atoms with Crippen LogP contribution in [-0.4, -0.2) is 23.5 Å². The zero-order chi connectivity index (χ0) is 12.8. The van der Waals surface area contributed by atoms with Crippen LogP contribution in [0.15, 0.2) is 22.7 Å². The molecule has 0 radical (unpaired) electrons. The first-order chi connectivity index (χ1) is 8.02. The summed E-state index contributed by atoms with van der Waals surface area (Å²) in [5.74, 6) is -1.04. The zero-order valence-corrected chi connectivity index (χ0v) is 11.1. The Bertz CT molecular complexity index is 432. The van der Waals surface area contributed by atoms with Crippen LogP contribution < -0.4 is 5.32 Å². The topological polar surface area (TPSA) is 66.4 Å². The summed E-state index contributed by atoms with van der Waals surface area (Å²) in [4.78, 5) is 22.1. The van der Waals surface area contributed by atoms with E-state index in [-0.39, 0.29) is 12.3 Å². The molecule has 1 aromatic carbocycles. The van der Waals surface area contributed by atoms with E-state index in [1.165, 1.54) is 0 Å². The molecule has 0 aliphatic rings. The van der Waals surface area contributed by atoms with E-state index in [4.69, 9.17) is 5.11 Å². The van der Waals surface area contributed by atoms with Gasteiger partial charge in [0.25, 0.3) is 5.91 Å². The SMILES string of the molecule is Cc1cccc(C(=O)NCCCC(=O)O)c1Br. The van der Waals surface area contributed by atoms with Gasteiger partial charge in [0, 0.05) is 17.4 Å². The lowest BCUT2D eigenvalue weighted by Crippen LogP contribution is -2.25. The minimum Gasteiger partial charge on any atom is -0.481 e. The average Bonchev–Trinajstić information content (AvgIpc) is 2.27. The van der Waals surface area contributed by atoms with Crippen molar-refractivity contribution in [1.82, 2.24) is 5.32 Å². The number of carbonyl (C=O) groups excluding carboxylic acids is 1. The monoisotopic (exact) mass is 299 g/mol. The lowest BCUT2D eigenvalue weighted by atomic mass is 10.1. The third-order valence-corrected chi connectivity index (χ3v) is 3.34. The summed E-state index contributed by atoms with van der Waals surface area (Å²) in [5, 5.41) is 11.1.